The van der Waals surface area contributed by atoms with Gasteiger partial charge in [-0.05, 0) is 24.1 Å². The highest BCUT2D eigenvalue weighted by molar-refractivity contribution is 7.09. The summed E-state index contributed by atoms with van der Waals surface area (Å²) in [5, 5.41) is 3.90. The predicted molar refractivity (Wildman–Crippen MR) is 60.6 cm³/mol. The normalized spacial score (nSPS) is 10.2. The molecule has 3 N–H and O–H groups in total. The van der Waals surface area contributed by atoms with E-state index in [1.165, 1.54) is 17.1 Å². The molecular weight excluding hydrogens is 210 g/mol. The maximum Gasteiger partial charge on any atom is 0.233 e. The van der Waals surface area contributed by atoms with Gasteiger partial charge in [0.1, 0.15) is 0 Å². The zero-order valence-electron chi connectivity index (χ0n) is 8.27. The predicted octanol–water partition coefficient (Wildman–Crippen LogP) is 1.44. The van der Waals surface area contributed by atoms with Crippen molar-refractivity contribution < 1.29 is 0 Å². The van der Waals surface area contributed by atoms with Gasteiger partial charge < -0.3 is 11.1 Å². The van der Waals surface area contributed by atoms with Gasteiger partial charge in [0.25, 0.3) is 0 Å². The van der Waals surface area contributed by atoms with E-state index in [4.69, 9.17) is 5.73 Å². The van der Waals surface area contributed by atoms with Crippen molar-refractivity contribution in [2.45, 2.75) is 13.5 Å². The fourth-order valence-electron chi connectivity index (χ4n) is 1.18. The molecule has 0 radical (unpaired) electrons. The van der Waals surface area contributed by atoms with E-state index in [2.05, 4.69) is 19.7 Å². The van der Waals surface area contributed by atoms with E-state index in [0.29, 0.717) is 12.5 Å². The van der Waals surface area contributed by atoms with Crippen molar-refractivity contribution in [3.8, 4) is 0 Å². The monoisotopic (exact) mass is 221 g/mol. The van der Waals surface area contributed by atoms with Gasteiger partial charge in [-0.2, -0.15) is 9.36 Å². The number of rotatable bonds is 3. The van der Waals surface area contributed by atoms with Gasteiger partial charge in [-0.3, -0.25) is 4.98 Å². The zero-order chi connectivity index (χ0) is 10.7. The molecule has 0 atom stereocenters. The van der Waals surface area contributed by atoms with Gasteiger partial charge in [0, 0.05) is 30.5 Å². The Morgan fingerprint density at radius 3 is 3.07 bits per heavy atom. The molecule has 5 nitrogen and oxygen atoms in total. The highest BCUT2D eigenvalue weighted by Gasteiger charge is 2.01. The Morgan fingerprint density at radius 1 is 1.53 bits per heavy atom. The fourth-order valence-corrected chi connectivity index (χ4v) is 1.67. The molecule has 15 heavy (non-hydrogen) atoms. The third kappa shape index (κ3) is 2.41. The lowest BCUT2D eigenvalue weighted by molar-refractivity contribution is 1.08. The second-order valence-corrected chi connectivity index (χ2v) is 3.87. The lowest BCUT2D eigenvalue weighted by Crippen LogP contribution is -2.01. The number of hydrogen-bond acceptors (Lipinski definition) is 6. The molecular formula is C9H11N5S. The second kappa shape index (κ2) is 4.22. The van der Waals surface area contributed by atoms with Crippen molar-refractivity contribution in [3.63, 3.8) is 0 Å². The van der Waals surface area contributed by atoms with Gasteiger partial charge in [-0.25, -0.2) is 0 Å². The Labute approximate surface area is 91.5 Å². The number of pyridine rings is 1. The van der Waals surface area contributed by atoms with Gasteiger partial charge >= 0.3 is 0 Å². The quantitative estimate of drug-likeness (QED) is 0.820. The molecule has 2 heterocycles. The smallest absolute Gasteiger partial charge is 0.233 e. The molecule has 6 heteroatoms. The second-order valence-electron chi connectivity index (χ2n) is 3.11. The maximum absolute atomic E-state index is 5.42. The van der Waals surface area contributed by atoms with Gasteiger partial charge in [-0.15, -0.1) is 0 Å². The number of nitrogens with two attached hydrogens (primary N) is 1. The molecule has 0 aliphatic carbocycles. The molecule has 78 valence electrons. The van der Waals surface area contributed by atoms with Crippen LogP contribution in [0.25, 0.3) is 0 Å². The Balaban J connectivity index is 2.02. The van der Waals surface area contributed by atoms with E-state index in [0.717, 1.165) is 10.7 Å². The Kier molecular flexibility index (Phi) is 2.77. The van der Waals surface area contributed by atoms with E-state index >= 15 is 0 Å². The third-order valence-electron chi connectivity index (χ3n) is 2.01. The number of hydrogen-bond donors (Lipinski definition) is 2. The van der Waals surface area contributed by atoms with Gasteiger partial charge in [0.05, 0.1) is 0 Å². The van der Waals surface area contributed by atoms with Crippen LogP contribution in [0.3, 0.4) is 0 Å². The van der Waals surface area contributed by atoms with E-state index in [-0.39, 0.29) is 0 Å². The largest absolute Gasteiger partial charge is 0.367 e. The average molecular weight is 221 g/mol. The van der Waals surface area contributed by atoms with Crippen LogP contribution in [0, 0.1) is 6.92 Å². The highest BCUT2D eigenvalue weighted by Crippen LogP contribution is 2.14. The molecule has 0 bridgehead atoms. The van der Waals surface area contributed by atoms with Crippen LogP contribution in [0.1, 0.15) is 11.1 Å². The molecule has 0 aliphatic heterocycles. The molecule has 0 fully saturated rings. The number of anilines is 2. The van der Waals surface area contributed by atoms with Gasteiger partial charge in [-0.1, -0.05) is 0 Å². The highest BCUT2D eigenvalue weighted by atomic mass is 32.1. The Bertz CT molecular complexity index is 453. The van der Waals surface area contributed by atoms with Crippen molar-refractivity contribution in [2.75, 3.05) is 11.1 Å². The minimum absolute atomic E-state index is 0.314. The number of nitrogens with one attached hydrogen (secondary N) is 1. The van der Waals surface area contributed by atoms with Crippen molar-refractivity contribution in [2.24, 2.45) is 0 Å². The minimum Gasteiger partial charge on any atom is -0.367 e. The minimum atomic E-state index is 0.314. The van der Waals surface area contributed by atoms with Crippen LogP contribution >= 0.6 is 11.5 Å². The van der Waals surface area contributed by atoms with E-state index in [9.17, 15) is 0 Å². The first-order valence-electron chi connectivity index (χ1n) is 4.48. The SMILES string of the molecule is Cc1cnccc1CNc1nc(N)ns1. The molecule has 0 saturated carbocycles. The first-order valence-corrected chi connectivity index (χ1v) is 5.25. The topological polar surface area (TPSA) is 76.7 Å². The van der Waals surface area contributed by atoms with Crippen molar-refractivity contribution >= 4 is 22.6 Å². The Hall–Kier alpha value is -1.69. The summed E-state index contributed by atoms with van der Waals surface area (Å²) in [6.07, 6.45) is 3.62. The van der Waals surface area contributed by atoms with Gasteiger partial charge in [0.2, 0.25) is 11.1 Å². The molecule has 2 aromatic rings. The summed E-state index contributed by atoms with van der Waals surface area (Å²) in [4.78, 5) is 8.04. The first-order chi connectivity index (χ1) is 7.25. The van der Waals surface area contributed by atoms with Gasteiger partial charge in [0.15, 0.2) is 0 Å². The summed E-state index contributed by atoms with van der Waals surface area (Å²) in [5.41, 5.74) is 7.76. The lowest BCUT2D eigenvalue weighted by Gasteiger charge is -2.04. The summed E-state index contributed by atoms with van der Waals surface area (Å²) < 4.78 is 3.88. The summed E-state index contributed by atoms with van der Waals surface area (Å²) >= 11 is 1.26. The van der Waals surface area contributed by atoms with Crippen LogP contribution in [0.2, 0.25) is 0 Å². The van der Waals surface area contributed by atoms with Crippen LogP contribution in [0.4, 0.5) is 11.1 Å². The molecule has 0 unspecified atom stereocenters. The van der Waals surface area contributed by atoms with Crippen molar-refractivity contribution in [1.29, 1.82) is 0 Å². The molecule has 0 saturated heterocycles. The molecule has 0 aromatic carbocycles. The number of nitrogens with zero attached hydrogens (tertiary/aromatic N) is 3. The summed E-state index contributed by atoms with van der Waals surface area (Å²) in [7, 11) is 0. The van der Waals surface area contributed by atoms with Crippen LogP contribution in [-0.2, 0) is 6.54 Å². The number of aromatic nitrogens is 3. The molecule has 0 amide bonds. The van der Waals surface area contributed by atoms with Crippen LogP contribution in [0.15, 0.2) is 18.5 Å². The fraction of sp³-hybridized carbons (Fsp3) is 0.222. The van der Waals surface area contributed by atoms with Crippen LogP contribution < -0.4 is 11.1 Å². The van der Waals surface area contributed by atoms with Crippen molar-refractivity contribution in [3.05, 3.63) is 29.6 Å². The summed E-state index contributed by atoms with van der Waals surface area (Å²) in [6.45, 7) is 2.74. The first kappa shape index (κ1) is 9.85. The molecule has 2 aromatic heterocycles. The zero-order valence-corrected chi connectivity index (χ0v) is 9.08. The average Bonchev–Trinajstić information content (AvgIpc) is 2.63. The maximum atomic E-state index is 5.42. The summed E-state index contributed by atoms with van der Waals surface area (Å²) in [5.74, 6) is 0.314. The van der Waals surface area contributed by atoms with E-state index in [1.54, 1.807) is 6.20 Å². The Morgan fingerprint density at radius 2 is 2.40 bits per heavy atom. The standard InChI is InChI=1S/C9H11N5S/c1-6-4-11-3-2-7(6)5-12-9-13-8(10)14-15-9/h2-4H,5H2,1H3,(H3,10,12,13,14). The third-order valence-corrected chi connectivity index (χ3v) is 2.70. The van der Waals surface area contributed by atoms with E-state index < -0.39 is 0 Å². The van der Waals surface area contributed by atoms with E-state index in [1.807, 2.05) is 19.2 Å². The number of nitrogen functional groups attached to an aromatic ring is 1. The summed E-state index contributed by atoms with van der Waals surface area (Å²) in [6, 6.07) is 1.98. The van der Waals surface area contributed by atoms with Crippen LogP contribution in [-0.4, -0.2) is 14.3 Å². The molecule has 0 aliphatic rings. The number of aryl methyl sites for hydroxylation is 1. The van der Waals surface area contributed by atoms with Crippen LogP contribution in [0.5, 0.6) is 0 Å². The molecule has 0 spiro atoms. The lowest BCUT2D eigenvalue weighted by atomic mass is 10.2. The van der Waals surface area contributed by atoms with Crippen molar-refractivity contribution in [1.82, 2.24) is 14.3 Å². The molecule has 2 rings (SSSR count).